The number of amides is 2. The minimum atomic E-state index is -3.68. The van der Waals surface area contributed by atoms with Crippen LogP contribution in [-0.2, 0) is 26.7 Å². The predicted octanol–water partition coefficient (Wildman–Crippen LogP) is 6.01. The van der Waals surface area contributed by atoms with Crippen LogP contribution in [0.3, 0.4) is 0 Å². The highest BCUT2D eigenvalue weighted by atomic mass is 32.2. The number of ether oxygens (including phenoxy) is 2. The summed E-state index contributed by atoms with van der Waals surface area (Å²) in [6.45, 7) is 10.9. The SMILES string of the molecule is COc1c(NC(=O)Nc2ccc(-c3ccc(CN4CCOCC4)nc3)c3ccccc23)cc(C(C)(C)C)cc1N(CCN(C)C)S(C)(=O)=O. The summed E-state index contributed by atoms with van der Waals surface area (Å²) < 4.78 is 38.7. The van der Waals surface area contributed by atoms with Gasteiger partial charge in [0, 0.05) is 49.9 Å². The number of sulfonamides is 1. The molecular weight excluding hydrogens is 641 g/mol. The first-order chi connectivity index (χ1) is 23.2. The Morgan fingerprint density at radius 2 is 1.65 bits per heavy atom. The largest absolute Gasteiger partial charge is 0.492 e. The number of nitrogens with zero attached hydrogens (tertiary/aromatic N) is 4. The zero-order chi connectivity index (χ0) is 35.3. The van der Waals surface area contributed by atoms with Crippen LogP contribution in [0.2, 0.25) is 0 Å². The summed E-state index contributed by atoms with van der Waals surface area (Å²) in [5, 5.41) is 7.82. The summed E-state index contributed by atoms with van der Waals surface area (Å²) in [6.07, 6.45) is 3.08. The molecule has 262 valence electrons. The van der Waals surface area contributed by atoms with Gasteiger partial charge in [0.05, 0.1) is 49.3 Å². The Kier molecular flexibility index (Phi) is 11.1. The topological polar surface area (TPSA) is 116 Å². The van der Waals surface area contributed by atoms with Crippen molar-refractivity contribution >= 4 is 43.9 Å². The molecule has 1 aromatic heterocycles. The van der Waals surface area contributed by atoms with Gasteiger partial charge in [0.2, 0.25) is 10.0 Å². The Labute approximate surface area is 290 Å². The Bertz CT molecular complexity index is 1880. The zero-order valence-electron chi connectivity index (χ0n) is 29.5. The lowest BCUT2D eigenvalue weighted by molar-refractivity contribution is 0.0336. The maximum atomic E-state index is 13.7. The number of fused-ring (bicyclic) bond motifs is 1. The number of urea groups is 1. The molecule has 1 aliphatic heterocycles. The molecule has 2 heterocycles. The van der Waals surface area contributed by atoms with Crippen LogP contribution in [0.1, 0.15) is 32.0 Å². The van der Waals surface area contributed by atoms with Crippen LogP contribution in [0.25, 0.3) is 21.9 Å². The standard InChI is InChI=1S/C37H48N6O5S/c1-37(2,3)27-22-33(35(47-6)34(23-27)43(49(7,45)46)17-16-41(4)5)40-36(44)39-32-15-14-29(30-10-8-9-11-31(30)32)26-12-13-28(38-24-26)25-42-18-20-48-21-19-42/h8-15,22-24H,16-21,25H2,1-7H3,(H2,39,40,44). The molecule has 12 heteroatoms. The van der Waals surface area contributed by atoms with Gasteiger partial charge in [-0.2, -0.15) is 0 Å². The summed E-state index contributed by atoms with van der Waals surface area (Å²) in [4.78, 5) is 22.7. The summed E-state index contributed by atoms with van der Waals surface area (Å²) in [7, 11) is 1.57. The first-order valence-electron chi connectivity index (χ1n) is 16.4. The number of hydrogen-bond acceptors (Lipinski definition) is 8. The fraction of sp³-hybridized carbons (Fsp3) is 0.405. The molecule has 1 aliphatic rings. The highest BCUT2D eigenvalue weighted by molar-refractivity contribution is 7.92. The molecule has 0 radical (unpaired) electrons. The third-order valence-electron chi connectivity index (χ3n) is 8.60. The van der Waals surface area contributed by atoms with E-state index in [4.69, 9.17) is 14.5 Å². The van der Waals surface area contributed by atoms with E-state index in [2.05, 4.69) is 27.7 Å². The number of hydrogen-bond donors (Lipinski definition) is 2. The van der Waals surface area contributed by atoms with Gasteiger partial charge < -0.3 is 25.0 Å². The van der Waals surface area contributed by atoms with Gasteiger partial charge in [0.25, 0.3) is 0 Å². The number of aromatic nitrogens is 1. The van der Waals surface area contributed by atoms with E-state index in [1.54, 1.807) is 0 Å². The minimum Gasteiger partial charge on any atom is -0.492 e. The summed E-state index contributed by atoms with van der Waals surface area (Å²) in [6, 6.07) is 19.1. The van der Waals surface area contributed by atoms with E-state index in [9.17, 15) is 13.2 Å². The molecule has 5 rings (SSSR count). The first kappa shape index (κ1) is 36.1. The van der Waals surface area contributed by atoms with Crippen molar-refractivity contribution in [2.75, 3.05) is 81.8 Å². The number of benzene rings is 3. The van der Waals surface area contributed by atoms with Gasteiger partial charge in [-0.1, -0.05) is 57.2 Å². The Morgan fingerprint density at radius 3 is 2.27 bits per heavy atom. The molecule has 3 aromatic carbocycles. The molecule has 0 atom stereocenters. The molecule has 1 fully saturated rings. The van der Waals surface area contributed by atoms with E-state index in [1.165, 1.54) is 17.7 Å². The predicted molar refractivity (Wildman–Crippen MR) is 198 cm³/mol. The van der Waals surface area contributed by atoms with E-state index >= 15 is 0 Å². The van der Waals surface area contributed by atoms with Gasteiger partial charge >= 0.3 is 6.03 Å². The van der Waals surface area contributed by atoms with E-state index in [-0.39, 0.29) is 17.7 Å². The molecule has 2 amide bonds. The Hall–Kier alpha value is -4.23. The molecule has 0 bridgehead atoms. The Morgan fingerprint density at radius 1 is 0.959 bits per heavy atom. The average molecular weight is 689 g/mol. The van der Waals surface area contributed by atoms with E-state index in [1.807, 2.05) is 94.5 Å². The second-order valence-corrected chi connectivity index (χ2v) is 15.6. The molecule has 0 aliphatic carbocycles. The van der Waals surface area contributed by atoms with Crippen LogP contribution in [0.4, 0.5) is 21.9 Å². The zero-order valence-corrected chi connectivity index (χ0v) is 30.4. The lowest BCUT2D eigenvalue weighted by atomic mass is 9.86. The van der Waals surface area contributed by atoms with Crippen LogP contribution in [0.15, 0.2) is 66.9 Å². The number of nitrogens with one attached hydrogen (secondary N) is 2. The highest BCUT2D eigenvalue weighted by Crippen LogP contribution is 2.42. The molecule has 1 saturated heterocycles. The van der Waals surface area contributed by atoms with E-state index < -0.39 is 16.1 Å². The molecular formula is C37H48N6O5S. The molecule has 11 nitrogen and oxygen atoms in total. The first-order valence-corrected chi connectivity index (χ1v) is 18.3. The summed E-state index contributed by atoms with van der Waals surface area (Å²) in [5.41, 5.74) is 4.87. The molecule has 49 heavy (non-hydrogen) atoms. The fourth-order valence-electron chi connectivity index (χ4n) is 5.90. The van der Waals surface area contributed by atoms with Crippen molar-refractivity contribution in [3.05, 3.63) is 78.1 Å². The van der Waals surface area contributed by atoms with Crippen LogP contribution in [0.5, 0.6) is 5.75 Å². The number of likely N-dealkylation sites (N-methyl/N-ethyl adjacent to an activating group) is 1. The summed E-state index contributed by atoms with van der Waals surface area (Å²) in [5.74, 6) is 0.261. The van der Waals surface area contributed by atoms with Gasteiger partial charge in [-0.15, -0.1) is 0 Å². The molecule has 2 N–H and O–H groups in total. The lowest BCUT2D eigenvalue weighted by Gasteiger charge is -2.29. The molecule has 0 unspecified atom stereocenters. The number of anilines is 3. The van der Waals surface area contributed by atoms with Gasteiger partial charge in [-0.3, -0.25) is 14.2 Å². The number of carbonyl (C=O) groups excluding carboxylic acids is 1. The number of pyridine rings is 1. The molecule has 4 aromatic rings. The van der Waals surface area contributed by atoms with Crippen molar-refractivity contribution in [2.24, 2.45) is 0 Å². The summed E-state index contributed by atoms with van der Waals surface area (Å²) >= 11 is 0. The number of carbonyl (C=O) groups is 1. The maximum Gasteiger partial charge on any atom is 0.323 e. The van der Waals surface area contributed by atoms with Gasteiger partial charge in [0.1, 0.15) is 0 Å². The highest BCUT2D eigenvalue weighted by Gasteiger charge is 2.28. The van der Waals surface area contributed by atoms with Gasteiger partial charge in [-0.25, -0.2) is 13.2 Å². The van der Waals surface area contributed by atoms with Crippen molar-refractivity contribution in [2.45, 2.75) is 32.7 Å². The van der Waals surface area contributed by atoms with Gasteiger partial charge in [-0.05, 0) is 60.3 Å². The monoisotopic (exact) mass is 688 g/mol. The lowest BCUT2D eigenvalue weighted by Crippen LogP contribution is -2.36. The van der Waals surface area contributed by atoms with Crippen LogP contribution >= 0.6 is 0 Å². The normalized spacial score (nSPS) is 14.2. The maximum absolute atomic E-state index is 13.7. The van der Waals surface area contributed by atoms with Crippen molar-refractivity contribution in [1.29, 1.82) is 0 Å². The second kappa shape index (κ2) is 15.1. The third kappa shape index (κ3) is 8.87. The molecule has 0 spiro atoms. The third-order valence-corrected chi connectivity index (χ3v) is 9.78. The van der Waals surface area contributed by atoms with Crippen molar-refractivity contribution < 1.29 is 22.7 Å². The number of rotatable bonds is 11. The second-order valence-electron chi connectivity index (χ2n) is 13.7. The van der Waals surface area contributed by atoms with Crippen LogP contribution in [-0.4, -0.2) is 96.1 Å². The number of methoxy groups -OCH3 is 1. The smallest absolute Gasteiger partial charge is 0.323 e. The minimum absolute atomic E-state index is 0.214. The van der Waals surface area contributed by atoms with Crippen molar-refractivity contribution in [1.82, 2.24) is 14.8 Å². The van der Waals surface area contributed by atoms with Crippen LogP contribution < -0.4 is 19.7 Å². The fourth-order valence-corrected chi connectivity index (χ4v) is 6.80. The number of morpholine rings is 1. The Balaban J connectivity index is 1.44. The van der Waals surface area contributed by atoms with Crippen molar-refractivity contribution in [3.8, 4) is 16.9 Å². The van der Waals surface area contributed by atoms with Gasteiger partial charge in [0.15, 0.2) is 5.75 Å². The van der Waals surface area contributed by atoms with Crippen molar-refractivity contribution in [3.63, 3.8) is 0 Å². The quantitative estimate of drug-likeness (QED) is 0.197. The van der Waals surface area contributed by atoms with E-state index in [0.29, 0.717) is 23.6 Å². The van der Waals surface area contributed by atoms with Crippen LogP contribution in [0, 0.1) is 0 Å². The molecule has 0 saturated carbocycles. The average Bonchev–Trinajstić information content (AvgIpc) is 3.04. The van der Waals surface area contributed by atoms with E-state index in [0.717, 1.165) is 66.0 Å².